The molecule has 0 atom stereocenters. The van der Waals surface area contributed by atoms with Crippen LogP contribution < -0.4 is 19.4 Å². The minimum absolute atomic E-state index is 0.333. The minimum atomic E-state index is -0.333. The van der Waals surface area contributed by atoms with E-state index in [0.29, 0.717) is 107 Å². The molecule has 2 saturated heterocycles. The highest BCUT2D eigenvalue weighted by Crippen LogP contribution is 2.34. The van der Waals surface area contributed by atoms with Gasteiger partial charge in [-0.05, 0) is 155 Å². The number of nitrogens with one attached hydrogen (secondary N) is 3. The second-order valence-electron chi connectivity index (χ2n) is 25.1. The molecule has 15 aromatic rings. The third-order valence-corrected chi connectivity index (χ3v) is 18.1. The van der Waals surface area contributed by atoms with Crippen LogP contribution in [0.4, 0.5) is 17.8 Å². The molecule has 3 aliphatic heterocycles. The van der Waals surface area contributed by atoms with Gasteiger partial charge in [0, 0.05) is 128 Å². The fraction of sp³-hybridized carbons (Fsp3) is 0.146. The molecule has 9 aromatic heterocycles. The fourth-order valence-electron chi connectivity index (χ4n) is 12.3. The Labute approximate surface area is 613 Å². The van der Waals surface area contributed by atoms with Crippen molar-refractivity contribution in [1.29, 1.82) is 0 Å². The highest BCUT2D eigenvalue weighted by Gasteiger charge is 2.32. The van der Waals surface area contributed by atoms with Gasteiger partial charge in [0.15, 0.2) is 17.5 Å². The number of aromatic amines is 3. The number of esters is 1. The average Bonchev–Trinajstić information content (AvgIpc) is 1.62. The molecule has 0 amide bonds. The lowest BCUT2D eigenvalue weighted by atomic mass is 9.91. The Balaban J connectivity index is 0.000000123. The van der Waals surface area contributed by atoms with Crippen molar-refractivity contribution in [2.75, 3.05) is 68.3 Å². The summed E-state index contributed by atoms with van der Waals surface area (Å²) in [5.74, 6) is 23.7. The van der Waals surface area contributed by atoms with E-state index in [-0.39, 0.29) is 5.97 Å². The summed E-state index contributed by atoms with van der Waals surface area (Å²) in [5.41, 5.74) is 14.9. The van der Waals surface area contributed by atoms with Gasteiger partial charge in [0.25, 0.3) is 0 Å². The van der Waals surface area contributed by atoms with Crippen LogP contribution in [0.25, 0.3) is 67.3 Å². The number of carbonyl (C=O) groups is 1. The van der Waals surface area contributed by atoms with E-state index < -0.39 is 0 Å². The predicted octanol–water partition coefficient (Wildman–Crippen LogP) is 11.2. The molecule has 18 rings (SSSR count). The molecule has 0 unspecified atom stereocenters. The lowest BCUT2D eigenvalue weighted by Gasteiger charge is -2.39. The molecule has 107 heavy (non-hydrogen) atoms. The van der Waals surface area contributed by atoms with E-state index in [4.69, 9.17) is 29.2 Å². The highest BCUT2D eigenvalue weighted by molar-refractivity contribution is 5.89. The first-order chi connectivity index (χ1) is 52.7. The first-order valence-electron chi connectivity index (χ1n) is 34.3. The van der Waals surface area contributed by atoms with Crippen LogP contribution in [0.15, 0.2) is 220 Å². The van der Waals surface area contributed by atoms with E-state index in [1.54, 1.807) is 99.3 Å². The standard InChI is InChI=1S/C28H21N7O2.C28H23N7O2.C26H19N7/c1-37-27(36)20-6-4-19(5-7-20)22-16-35(17-22)28-30-13-11-25(33-28)26-29-12-10-23(32-26)8-2-18-3-9-24-21(14-18)15-31-34-24;1-36-12-13-37-24-6-4-20-17-35(18-22(20)15-24)28-30-11-9-26(33-28)27-29-10-8-23(32-27)5-2-19-3-7-25-21(14-19)16-31-34-25;1-2-4-19(5-3-1)21-16-33(17-21)26-28-13-11-24(31-26)25-27-12-10-22(30-25)8-6-18-7-9-23-20(14-18)15-29-32-23/h3-7,9-15,22H,16-17H2,1H3,(H,31,34);3-4,6-11,14-16H,12-13,17-18H2,1H3,(H,31,34);1-5,7,9-15,21H,16-17H2,(H,29,32). The van der Waals surface area contributed by atoms with Crippen LogP contribution in [0, 0.1) is 35.5 Å². The number of hydrogen-bond donors (Lipinski definition) is 3. The highest BCUT2D eigenvalue weighted by atomic mass is 16.5. The van der Waals surface area contributed by atoms with E-state index in [1.807, 2.05) is 91.0 Å². The molecule has 0 radical (unpaired) electrons. The molecule has 25 nitrogen and oxygen atoms in total. The summed E-state index contributed by atoms with van der Waals surface area (Å²) in [4.78, 5) is 72.7. The van der Waals surface area contributed by atoms with Crippen molar-refractivity contribution in [3.05, 3.63) is 281 Å². The first-order valence-corrected chi connectivity index (χ1v) is 34.3. The number of fused-ring (bicyclic) bond motifs is 4. The number of carbonyl (C=O) groups excluding carboxylic acids is 1. The van der Waals surface area contributed by atoms with Crippen LogP contribution in [0.3, 0.4) is 0 Å². The number of rotatable bonds is 13. The predicted molar refractivity (Wildman–Crippen MR) is 403 cm³/mol. The number of aromatic nitrogens is 18. The van der Waals surface area contributed by atoms with Crippen molar-refractivity contribution >= 4 is 56.5 Å². The summed E-state index contributed by atoms with van der Waals surface area (Å²) in [5, 5.41) is 24.0. The molecule has 0 saturated carbocycles. The Morgan fingerprint density at radius 2 is 0.850 bits per heavy atom. The summed E-state index contributed by atoms with van der Waals surface area (Å²) in [6.45, 7) is 5.88. The summed E-state index contributed by atoms with van der Waals surface area (Å²) in [7, 11) is 3.04. The topological polar surface area (TPSA) is 295 Å². The van der Waals surface area contributed by atoms with Gasteiger partial charge < -0.3 is 28.9 Å². The Morgan fingerprint density at radius 3 is 1.30 bits per heavy atom. The molecule has 0 aliphatic carbocycles. The molecule has 0 bridgehead atoms. The largest absolute Gasteiger partial charge is 0.491 e. The molecule has 520 valence electrons. The number of benzene rings is 6. The first kappa shape index (κ1) is 67.0. The van der Waals surface area contributed by atoms with Gasteiger partial charge in [-0.15, -0.1) is 0 Å². The number of ether oxygens (including phenoxy) is 3. The Bertz CT molecular complexity index is 5940. The van der Waals surface area contributed by atoms with Crippen molar-refractivity contribution in [3.63, 3.8) is 0 Å². The van der Waals surface area contributed by atoms with Crippen LogP contribution in [-0.2, 0) is 22.6 Å². The monoisotopic (exact) mass is 1410 g/mol. The van der Waals surface area contributed by atoms with Gasteiger partial charge in [0.1, 0.15) is 46.5 Å². The maximum absolute atomic E-state index is 11.7. The van der Waals surface area contributed by atoms with Gasteiger partial charge in [0.05, 0.1) is 54.4 Å². The summed E-state index contributed by atoms with van der Waals surface area (Å²) in [6, 6.07) is 52.8. The number of methoxy groups -OCH3 is 2. The molecule has 3 aliphatic rings. The van der Waals surface area contributed by atoms with Gasteiger partial charge in [-0.1, -0.05) is 66.3 Å². The van der Waals surface area contributed by atoms with E-state index >= 15 is 0 Å². The lowest BCUT2D eigenvalue weighted by molar-refractivity contribution is 0.0600. The Morgan fingerprint density at radius 1 is 0.421 bits per heavy atom. The minimum Gasteiger partial charge on any atom is -0.491 e. The molecule has 0 spiro atoms. The second kappa shape index (κ2) is 31.0. The van der Waals surface area contributed by atoms with Crippen LogP contribution in [-0.4, -0.2) is 150 Å². The van der Waals surface area contributed by atoms with Gasteiger partial charge in [0.2, 0.25) is 17.8 Å². The van der Waals surface area contributed by atoms with Crippen molar-refractivity contribution in [3.8, 4) is 75.8 Å². The van der Waals surface area contributed by atoms with E-state index in [2.05, 4.69) is 162 Å². The summed E-state index contributed by atoms with van der Waals surface area (Å²) >= 11 is 0. The van der Waals surface area contributed by atoms with Crippen LogP contribution >= 0.6 is 0 Å². The van der Waals surface area contributed by atoms with Gasteiger partial charge in [-0.2, -0.15) is 15.3 Å². The van der Waals surface area contributed by atoms with Crippen LogP contribution in [0.1, 0.15) is 78.2 Å². The van der Waals surface area contributed by atoms with Crippen molar-refractivity contribution < 1.29 is 19.0 Å². The number of hydrogen-bond acceptors (Lipinski definition) is 22. The molecular formula is C82H63N21O4. The van der Waals surface area contributed by atoms with E-state index in [1.165, 1.54) is 29.4 Å². The van der Waals surface area contributed by atoms with Crippen LogP contribution in [0.2, 0.25) is 0 Å². The van der Waals surface area contributed by atoms with Crippen LogP contribution in [0.5, 0.6) is 5.75 Å². The molecule has 25 heteroatoms. The van der Waals surface area contributed by atoms with Gasteiger partial charge in [-0.3, -0.25) is 15.3 Å². The van der Waals surface area contributed by atoms with Gasteiger partial charge >= 0.3 is 5.97 Å². The maximum atomic E-state index is 11.7. The smallest absolute Gasteiger partial charge is 0.337 e. The summed E-state index contributed by atoms with van der Waals surface area (Å²) in [6.07, 6.45) is 15.7. The molecule has 12 heterocycles. The second-order valence-corrected chi connectivity index (χ2v) is 25.1. The Hall–Kier alpha value is -14.5. The molecule has 3 N–H and O–H groups in total. The zero-order chi connectivity index (χ0) is 72.3. The van der Waals surface area contributed by atoms with Crippen molar-refractivity contribution in [1.82, 2.24) is 90.4 Å². The third kappa shape index (κ3) is 15.8. The quantitative estimate of drug-likeness (QED) is 0.0549. The van der Waals surface area contributed by atoms with E-state index in [0.717, 1.165) is 87.9 Å². The van der Waals surface area contributed by atoms with Crippen molar-refractivity contribution in [2.45, 2.75) is 24.9 Å². The zero-order valence-electron chi connectivity index (χ0n) is 57.8. The molecular weight excluding hydrogens is 1340 g/mol. The van der Waals surface area contributed by atoms with Crippen molar-refractivity contribution in [2.24, 2.45) is 0 Å². The SMILES string of the molecule is C(#Cc1ccnc(-c2ccnc(N3CC(c4ccccc4)C3)n2)n1)c1ccc2[nH]ncc2c1.COC(=O)c1ccc(C2CN(c3nccc(-c4nccc(C#Cc5ccc6[nH]ncc6c5)n4)n3)C2)cc1.COCCOc1ccc2c(c1)CN(c1nccc(-c3nccc(C#Cc4ccc5[nH]ncc5c4)n3)n1)C2. The summed E-state index contributed by atoms with van der Waals surface area (Å²) < 4.78 is 15.6. The normalized spacial score (nSPS) is 12.9. The Kier molecular flexibility index (Phi) is 19.4. The maximum Gasteiger partial charge on any atom is 0.337 e. The zero-order valence-corrected chi connectivity index (χ0v) is 57.8. The molecule has 6 aromatic carbocycles. The van der Waals surface area contributed by atoms with Gasteiger partial charge in [-0.25, -0.2) is 64.6 Å². The lowest BCUT2D eigenvalue weighted by Crippen LogP contribution is -2.46. The fourth-order valence-corrected chi connectivity index (χ4v) is 12.3. The number of anilines is 3. The number of H-pyrrole nitrogens is 3. The van der Waals surface area contributed by atoms with E-state index in [9.17, 15) is 4.79 Å². The average molecular weight is 1410 g/mol. The molecule has 2 fully saturated rings. The number of nitrogens with zero attached hydrogens (tertiary/aromatic N) is 18. The third-order valence-electron chi connectivity index (χ3n) is 18.1.